The lowest BCUT2D eigenvalue weighted by Gasteiger charge is -2.35. The molecule has 114 valence electrons. The van der Waals surface area contributed by atoms with Crippen LogP contribution >= 0.6 is 0 Å². The van der Waals surface area contributed by atoms with Crippen molar-refractivity contribution in [1.29, 1.82) is 0 Å². The molecule has 22 heavy (non-hydrogen) atoms. The number of hydrogen-bond donors (Lipinski definition) is 0. The lowest BCUT2D eigenvalue weighted by atomic mass is 9.91. The monoisotopic (exact) mass is 296 g/mol. The lowest BCUT2D eigenvalue weighted by Crippen LogP contribution is -2.42. The highest BCUT2D eigenvalue weighted by atomic mass is 16.6. The van der Waals surface area contributed by atoms with Crippen LogP contribution in [0.5, 0.6) is 0 Å². The quantitative estimate of drug-likeness (QED) is 0.815. The van der Waals surface area contributed by atoms with E-state index in [1.807, 2.05) is 86.5 Å². The van der Waals surface area contributed by atoms with Gasteiger partial charge >= 0.3 is 5.97 Å². The van der Waals surface area contributed by atoms with Crippen LogP contribution in [0.2, 0.25) is 0 Å². The van der Waals surface area contributed by atoms with Crippen LogP contribution in [-0.2, 0) is 10.5 Å². The highest BCUT2D eigenvalue weighted by Gasteiger charge is 2.49. The molecule has 4 nitrogen and oxygen atoms in total. The minimum Gasteiger partial charge on any atom is -0.431 e. The molecule has 1 aliphatic rings. The number of fused-ring (bicyclic) bond motifs is 1. The Morgan fingerprint density at radius 3 is 2.23 bits per heavy atom. The summed E-state index contributed by atoms with van der Waals surface area (Å²) in [5.41, 5.74) is 2.59. The molecule has 0 bridgehead atoms. The van der Waals surface area contributed by atoms with Gasteiger partial charge in [-0.1, -0.05) is 36.4 Å². The number of benzene rings is 2. The second-order valence-electron chi connectivity index (χ2n) is 5.92. The molecule has 2 aromatic rings. The van der Waals surface area contributed by atoms with Gasteiger partial charge in [-0.25, -0.2) is 4.79 Å². The smallest absolute Gasteiger partial charge is 0.341 e. The fourth-order valence-corrected chi connectivity index (χ4v) is 2.99. The molecule has 3 rings (SSSR count). The Morgan fingerprint density at radius 2 is 1.64 bits per heavy atom. The van der Waals surface area contributed by atoms with Gasteiger partial charge in [0.2, 0.25) is 5.72 Å². The van der Waals surface area contributed by atoms with Gasteiger partial charge in [0.05, 0.1) is 5.56 Å². The third kappa shape index (κ3) is 1.99. The predicted molar refractivity (Wildman–Crippen MR) is 87.1 cm³/mol. The van der Waals surface area contributed by atoms with Crippen molar-refractivity contribution in [2.75, 3.05) is 33.1 Å². The first-order valence-corrected chi connectivity index (χ1v) is 7.25. The van der Waals surface area contributed by atoms with Gasteiger partial charge in [0.25, 0.3) is 0 Å². The molecule has 0 N–H and O–H groups in total. The number of cyclic esters (lactones) is 1. The molecule has 1 aliphatic heterocycles. The first-order chi connectivity index (χ1) is 10.5. The highest BCUT2D eigenvalue weighted by Crippen LogP contribution is 2.44. The van der Waals surface area contributed by atoms with Gasteiger partial charge < -0.3 is 9.64 Å². The van der Waals surface area contributed by atoms with E-state index in [0.717, 1.165) is 16.8 Å². The van der Waals surface area contributed by atoms with E-state index in [9.17, 15) is 4.79 Å². The largest absolute Gasteiger partial charge is 0.431 e. The van der Waals surface area contributed by atoms with Crippen molar-refractivity contribution < 1.29 is 9.53 Å². The van der Waals surface area contributed by atoms with Crippen molar-refractivity contribution >= 4 is 11.7 Å². The van der Waals surface area contributed by atoms with Crippen LogP contribution in [0.15, 0.2) is 48.5 Å². The fraction of sp³-hybridized carbons (Fsp3) is 0.278. The Kier molecular flexibility index (Phi) is 3.41. The molecule has 2 aromatic carbocycles. The summed E-state index contributed by atoms with van der Waals surface area (Å²) < 4.78 is 5.87. The van der Waals surface area contributed by atoms with E-state index in [1.165, 1.54) is 0 Å². The van der Waals surface area contributed by atoms with E-state index in [4.69, 9.17) is 4.74 Å². The fourth-order valence-electron chi connectivity index (χ4n) is 2.99. The van der Waals surface area contributed by atoms with Crippen LogP contribution < -0.4 is 4.90 Å². The van der Waals surface area contributed by atoms with Gasteiger partial charge in [-0.05, 0) is 26.2 Å². The number of anilines is 1. The maximum Gasteiger partial charge on any atom is 0.341 e. The van der Waals surface area contributed by atoms with Crippen molar-refractivity contribution in [3.63, 3.8) is 0 Å². The molecule has 0 radical (unpaired) electrons. The molecular weight excluding hydrogens is 276 g/mol. The average molecular weight is 296 g/mol. The van der Waals surface area contributed by atoms with E-state index < -0.39 is 5.72 Å². The topological polar surface area (TPSA) is 32.8 Å². The van der Waals surface area contributed by atoms with Gasteiger partial charge in [0, 0.05) is 30.9 Å². The van der Waals surface area contributed by atoms with Crippen molar-refractivity contribution in [2.45, 2.75) is 5.72 Å². The molecule has 0 saturated carbocycles. The van der Waals surface area contributed by atoms with Gasteiger partial charge in [-0.15, -0.1) is 0 Å². The first-order valence-electron chi connectivity index (χ1n) is 7.25. The van der Waals surface area contributed by atoms with Crippen molar-refractivity contribution in [3.05, 3.63) is 65.2 Å². The number of carbonyl (C=O) groups is 1. The summed E-state index contributed by atoms with van der Waals surface area (Å²) in [4.78, 5) is 16.4. The predicted octanol–water partition coefficient (Wildman–Crippen LogP) is 2.69. The zero-order valence-corrected chi connectivity index (χ0v) is 13.3. The molecule has 0 spiro atoms. The van der Waals surface area contributed by atoms with Crippen LogP contribution in [0.25, 0.3) is 0 Å². The zero-order chi connectivity index (χ0) is 15.9. The average Bonchev–Trinajstić information content (AvgIpc) is 2.82. The maximum absolute atomic E-state index is 12.5. The Balaban J connectivity index is 2.23. The minimum atomic E-state index is -0.863. The van der Waals surface area contributed by atoms with Crippen LogP contribution in [-0.4, -0.2) is 39.1 Å². The van der Waals surface area contributed by atoms with Crippen molar-refractivity contribution in [3.8, 4) is 0 Å². The molecule has 4 heteroatoms. The van der Waals surface area contributed by atoms with E-state index in [2.05, 4.69) is 0 Å². The molecule has 0 aromatic heterocycles. The molecule has 0 fully saturated rings. The second kappa shape index (κ2) is 5.14. The number of carbonyl (C=O) groups excluding carboxylic acids is 1. The van der Waals surface area contributed by atoms with Crippen molar-refractivity contribution in [1.82, 2.24) is 4.90 Å². The SMILES string of the molecule is CN(C)c1ccc2c(c1)C(=O)OC2(c1ccccc1)N(C)C. The molecule has 1 heterocycles. The molecular formula is C18H20N2O2. The van der Waals surface area contributed by atoms with Crippen LogP contribution in [0.3, 0.4) is 0 Å². The summed E-state index contributed by atoms with van der Waals surface area (Å²) in [5, 5.41) is 0. The molecule has 1 atom stereocenters. The third-order valence-electron chi connectivity index (χ3n) is 4.14. The minimum absolute atomic E-state index is 0.281. The number of rotatable bonds is 3. The highest BCUT2D eigenvalue weighted by molar-refractivity contribution is 5.96. The summed E-state index contributed by atoms with van der Waals surface area (Å²) in [6.45, 7) is 0. The Bertz CT molecular complexity index is 710. The van der Waals surface area contributed by atoms with Crippen LogP contribution in [0.1, 0.15) is 21.5 Å². The van der Waals surface area contributed by atoms with Crippen molar-refractivity contribution in [2.24, 2.45) is 0 Å². The lowest BCUT2D eigenvalue weighted by molar-refractivity contribution is -0.0620. The van der Waals surface area contributed by atoms with E-state index >= 15 is 0 Å². The van der Waals surface area contributed by atoms with E-state index in [0.29, 0.717) is 5.56 Å². The second-order valence-corrected chi connectivity index (χ2v) is 5.92. The molecule has 0 saturated heterocycles. The van der Waals surface area contributed by atoms with E-state index in [1.54, 1.807) is 0 Å². The Labute approximate surface area is 130 Å². The van der Waals surface area contributed by atoms with Crippen LogP contribution in [0, 0.1) is 0 Å². The normalized spacial score (nSPS) is 20.0. The number of ether oxygens (including phenoxy) is 1. The third-order valence-corrected chi connectivity index (χ3v) is 4.14. The Morgan fingerprint density at radius 1 is 0.955 bits per heavy atom. The standard InChI is InChI=1S/C18H20N2O2/c1-19(2)14-10-11-16-15(12-14)17(21)22-18(16,20(3)4)13-8-6-5-7-9-13/h5-12H,1-4H3. The maximum atomic E-state index is 12.5. The zero-order valence-electron chi connectivity index (χ0n) is 13.3. The van der Waals surface area contributed by atoms with Crippen LogP contribution in [0.4, 0.5) is 5.69 Å². The summed E-state index contributed by atoms with van der Waals surface area (Å²) in [5.74, 6) is -0.281. The van der Waals surface area contributed by atoms with Gasteiger partial charge in [0.15, 0.2) is 0 Å². The van der Waals surface area contributed by atoms with Gasteiger partial charge in [-0.2, -0.15) is 0 Å². The summed E-state index contributed by atoms with van der Waals surface area (Å²) in [6.07, 6.45) is 0. The molecule has 1 unspecified atom stereocenters. The Hall–Kier alpha value is -2.33. The molecule has 0 aliphatic carbocycles. The van der Waals surface area contributed by atoms with Gasteiger partial charge in [-0.3, -0.25) is 4.90 Å². The molecule has 0 amide bonds. The van der Waals surface area contributed by atoms with Gasteiger partial charge in [0.1, 0.15) is 0 Å². The number of esters is 1. The summed E-state index contributed by atoms with van der Waals surface area (Å²) in [7, 11) is 7.77. The van der Waals surface area contributed by atoms with E-state index in [-0.39, 0.29) is 5.97 Å². The number of hydrogen-bond acceptors (Lipinski definition) is 4. The summed E-state index contributed by atoms with van der Waals surface area (Å²) >= 11 is 0. The number of nitrogens with zero attached hydrogens (tertiary/aromatic N) is 2. The summed E-state index contributed by atoms with van der Waals surface area (Å²) in [6, 6.07) is 15.8. The first kappa shape index (κ1) is 14.6.